The number of rotatable bonds is 11. The van der Waals surface area contributed by atoms with Gasteiger partial charge in [-0.3, -0.25) is 10.2 Å². The fraction of sp³-hybridized carbons (Fsp3) is 0.409. The molecule has 0 fully saturated rings. The normalized spacial score (nSPS) is 11.3. The number of halogens is 3. The molecule has 10 heteroatoms. The molecule has 2 rings (SSSR count). The van der Waals surface area contributed by atoms with Gasteiger partial charge in [-0.15, -0.1) is 0 Å². The monoisotopic (exact) mass is 453 g/mol. The number of nitrogens with zero attached hydrogens (tertiary/aromatic N) is 2. The summed E-state index contributed by atoms with van der Waals surface area (Å²) in [6, 6.07) is 5.83. The van der Waals surface area contributed by atoms with Crippen molar-refractivity contribution in [2.75, 3.05) is 25.1 Å². The van der Waals surface area contributed by atoms with Crippen LogP contribution in [0.15, 0.2) is 30.5 Å². The number of hydrogen-bond acceptors (Lipinski definition) is 6. The molecule has 0 saturated carbocycles. The number of benzene rings is 1. The summed E-state index contributed by atoms with van der Waals surface area (Å²) >= 11 is 0. The van der Waals surface area contributed by atoms with Crippen LogP contribution >= 0.6 is 0 Å². The number of carbonyl (C=O) groups is 1. The molecule has 0 atom stereocenters. The van der Waals surface area contributed by atoms with Gasteiger partial charge in [-0.2, -0.15) is 13.2 Å². The minimum atomic E-state index is -4.85. The van der Waals surface area contributed by atoms with Crippen molar-refractivity contribution in [1.29, 1.82) is 5.41 Å². The predicted octanol–water partition coefficient (Wildman–Crippen LogP) is 4.20. The summed E-state index contributed by atoms with van der Waals surface area (Å²) in [7, 11) is 1.82. The van der Waals surface area contributed by atoms with E-state index in [2.05, 4.69) is 4.98 Å². The lowest BCUT2D eigenvalue weighted by Gasteiger charge is -2.19. The topological polar surface area (TPSA) is 107 Å². The molecule has 174 valence electrons. The van der Waals surface area contributed by atoms with Crippen LogP contribution in [0.1, 0.15) is 36.5 Å². The first-order chi connectivity index (χ1) is 15.0. The van der Waals surface area contributed by atoms with E-state index in [1.54, 1.807) is 12.1 Å². The first-order valence-electron chi connectivity index (χ1n) is 10.1. The van der Waals surface area contributed by atoms with E-state index in [1.165, 1.54) is 12.3 Å². The van der Waals surface area contributed by atoms with Gasteiger partial charge < -0.3 is 19.8 Å². The van der Waals surface area contributed by atoms with Gasteiger partial charge in [0.15, 0.2) is 0 Å². The Labute approximate surface area is 184 Å². The molecular weight excluding hydrogens is 427 g/mol. The summed E-state index contributed by atoms with van der Waals surface area (Å²) in [5.41, 5.74) is -1.31. The fourth-order valence-electron chi connectivity index (χ4n) is 3.12. The molecule has 0 radical (unpaired) electrons. The summed E-state index contributed by atoms with van der Waals surface area (Å²) in [6.45, 7) is 2.65. The van der Waals surface area contributed by atoms with Gasteiger partial charge >= 0.3 is 12.1 Å². The number of aromatic hydroxyl groups is 1. The summed E-state index contributed by atoms with van der Waals surface area (Å²) in [5, 5.41) is 26.4. The number of pyridine rings is 1. The lowest BCUT2D eigenvalue weighted by molar-refractivity contribution is -0.136. The summed E-state index contributed by atoms with van der Waals surface area (Å²) in [5.74, 6) is -0.545. The number of carboxylic acid groups (broad SMARTS) is 1. The average Bonchev–Trinajstić information content (AvgIpc) is 2.72. The number of alkyl halides is 3. The molecule has 1 aromatic carbocycles. The van der Waals surface area contributed by atoms with Crippen LogP contribution in [0.2, 0.25) is 0 Å². The minimum absolute atomic E-state index is 0.0982. The van der Waals surface area contributed by atoms with E-state index in [1.807, 2.05) is 18.9 Å². The molecule has 1 heterocycles. The molecule has 0 aliphatic carbocycles. The molecule has 0 unspecified atom stereocenters. The van der Waals surface area contributed by atoms with Gasteiger partial charge in [-0.05, 0) is 36.6 Å². The third kappa shape index (κ3) is 6.60. The average molecular weight is 453 g/mol. The zero-order valence-electron chi connectivity index (χ0n) is 17.9. The van der Waals surface area contributed by atoms with Crippen LogP contribution in [-0.4, -0.2) is 53.3 Å². The van der Waals surface area contributed by atoms with Crippen molar-refractivity contribution in [3.05, 3.63) is 47.2 Å². The number of carboxylic acids is 1. The van der Waals surface area contributed by atoms with Gasteiger partial charge in [-0.1, -0.05) is 19.4 Å². The maximum Gasteiger partial charge on any atom is 0.433 e. The standard InChI is InChI=1S/C22H26F3N3O4/c1-3-5-15-17(8-7-16(20(15)31)21(26)22(23,24)25)32-11-4-10-28(2)18-9-6-14(13-27-18)12-19(29)30/h6-9,13,26,31H,3-5,10-12H2,1-2H3,(H,29,30). The second-order valence-corrected chi connectivity index (χ2v) is 7.28. The molecule has 32 heavy (non-hydrogen) atoms. The van der Waals surface area contributed by atoms with Gasteiger partial charge in [0.1, 0.15) is 23.0 Å². The van der Waals surface area contributed by atoms with Crippen molar-refractivity contribution in [3.63, 3.8) is 0 Å². The second kappa shape index (κ2) is 10.8. The maximum atomic E-state index is 12.9. The first kappa shape index (κ1) is 25.0. The van der Waals surface area contributed by atoms with Gasteiger partial charge in [0, 0.05) is 30.9 Å². The summed E-state index contributed by atoms with van der Waals surface area (Å²) in [4.78, 5) is 16.8. The quantitative estimate of drug-likeness (QED) is 0.348. The molecule has 0 bridgehead atoms. The molecule has 0 aliphatic heterocycles. The molecule has 0 saturated heterocycles. The number of hydrogen-bond donors (Lipinski definition) is 3. The third-order valence-electron chi connectivity index (χ3n) is 4.74. The molecule has 0 aliphatic rings. The number of ether oxygens (including phenoxy) is 1. The lowest BCUT2D eigenvalue weighted by atomic mass is 10.00. The van der Waals surface area contributed by atoms with Crippen LogP contribution < -0.4 is 9.64 Å². The Balaban J connectivity index is 1.99. The van der Waals surface area contributed by atoms with Crippen LogP contribution in [0.5, 0.6) is 11.5 Å². The smallest absolute Gasteiger partial charge is 0.433 e. The molecule has 2 aromatic rings. The van der Waals surface area contributed by atoms with Gasteiger partial charge in [-0.25, -0.2) is 4.98 Å². The van der Waals surface area contributed by atoms with E-state index in [-0.39, 0.29) is 18.6 Å². The Bertz CT molecular complexity index is 947. The SMILES string of the molecule is CCCc1c(OCCCN(C)c2ccc(CC(=O)O)cn2)ccc(C(=N)C(F)(F)F)c1O. The molecule has 3 N–H and O–H groups in total. The number of phenols is 1. The minimum Gasteiger partial charge on any atom is -0.507 e. The number of aliphatic carboxylic acids is 1. The zero-order chi connectivity index (χ0) is 23.9. The Hall–Kier alpha value is -3.30. The van der Waals surface area contributed by atoms with Crippen molar-refractivity contribution < 1.29 is 32.9 Å². The van der Waals surface area contributed by atoms with E-state index in [0.717, 1.165) is 6.07 Å². The number of anilines is 1. The Morgan fingerprint density at radius 3 is 2.53 bits per heavy atom. The number of aromatic nitrogens is 1. The Kier molecular flexibility index (Phi) is 8.45. The van der Waals surface area contributed by atoms with Crippen LogP contribution in [0.4, 0.5) is 19.0 Å². The van der Waals surface area contributed by atoms with Crippen molar-refractivity contribution in [1.82, 2.24) is 4.98 Å². The van der Waals surface area contributed by atoms with Gasteiger partial charge in [0.05, 0.1) is 13.0 Å². The Morgan fingerprint density at radius 2 is 1.97 bits per heavy atom. The van der Waals surface area contributed by atoms with E-state index in [9.17, 15) is 23.1 Å². The molecule has 0 spiro atoms. The number of nitrogens with one attached hydrogen (secondary N) is 1. The van der Waals surface area contributed by atoms with E-state index < -0.39 is 29.2 Å². The maximum absolute atomic E-state index is 12.9. The highest BCUT2D eigenvalue weighted by Crippen LogP contribution is 2.35. The van der Waals surface area contributed by atoms with E-state index in [0.29, 0.717) is 42.9 Å². The van der Waals surface area contributed by atoms with Crippen LogP contribution in [0.3, 0.4) is 0 Å². The van der Waals surface area contributed by atoms with Gasteiger partial charge in [0.25, 0.3) is 0 Å². The second-order valence-electron chi connectivity index (χ2n) is 7.28. The van der Waals surface area contributed by atoms with Gasteiger partial charge in [0.2, 0.25) is 0 Å². The van der Waals surface area contributed by atoms with Crippen LogP contribution in [0, 0.1) is 5.41 Å². The lowest BCUT2D eigenvalue weighted by Crippen LogP contribution is -2.23. The van der Waals surface area contributed by atoms with Crippen molar-refractivity contribution in [3.8, 4) is 11.5 Å². The van der Waals surface area contributed by atoms with E-state index >= 15 is 0 Å². The summed E-state index contributed by atoms with van der Waals surface area (Å²) in [6.07, 6.45) is -1.98. The van der Waals surface area contributed by atoms with Crippen molar-refractivity contribution >= 4 is 17.5 Å². The van der Waals surface area contributed by atoms with Crippen LogP contribution in [0.25, 0.3) is 0 Å². The number of phenolic OH excluding ortho intramolecular Hbond substituents is 1. The zero-order valence-corrected chi connectivity index (χ0v) is 17.9. The predicted molar refractivity (Wildman–Crippen MR) is 114 cm³/mol. The molecular formula is C22H26F3N3O4. The third-order valence-corrected chi connectivity index (χ3v) is 4.74. The first-order valence-corrected chi connectivity index (χ1v) is 10.1. The van der Waals surface area contributed by atoms with Crippen LogP contribution in [-0.2, 0) is 17.6 Å². The largest absolute Gasteiger partial charge is 0.507 e. The highest BCUT2D eigenvalue weighted by molar-refractivity contribution is 6.04. The summed E-state index contributed by atoms with van der Waals surface area (Å²) < 4.78 is 44.3. The molecule has 1 aromatic heterocycles. The molecule has 7 nitrogen and oxygen atoms in total. The fourth-order valence-corrected chi connectivity index (χ4v) is 3.12. The van der Waals surface area contributed by atoms with Crippen molar-refractivity contribution in [2.24, 2.45) is 0 Å². The van der Waals surface area contributed by atoms with E-state index in [4.69, 9.17) is 15.3 Å². The van der Waals surface area contributed by atoms with Crippen molar-refractivity contribution in [2.45, 2.75) is 38.8 Å². The highest BCUT2D eigenvalue weighted by Gasteiger charge is 2.37. The Morgan fingerprint density at radius 1 is 1.25 bits per heavy atom. The highest BCUT2D eigenvalue weighted by atomic mass is 19.4. The molecule has 0 amide bonds.